The molecule has 0 saturated heterocycles. The molecule has 0 atom stereocenters. The molecule has 0 bridgehead atoms. The lowest BCUT2D eigenvalue weighted by atomic mass is 10.1. The quantitative estimate of drug-likeness (QED) is 0.702. The summed E-state index contributed by atoms with van der Waals surface area (Å²) in [5.74, 6) is 0. The Hall–Kier alpha value is -0.600. The van der Waals surface area contributed by atoms with Crippen molar-refractivity contribution in [1.82, 2.24) is 0 Å². The van der Waals surface area contributed by atoms with Crippen LogP contribution in [0.3, 0.4) is 0 Å². The van der Waals surface area contributed by atoms with Gasteiger partial charge in [-0.25, -0.2) is 0 Å². The topological polar surface area (TPSA) is 29.5 Å². The van der Waals surface area contributed by atoms with Gasteiger partial charge < -0.3 is 9.84 Å². The number of rotatable bonds is 6. The van der Waals surface area contributed by atoms with Crippen LogP contribution in [0.1, 0.15) is 47.5 Å². The molecular weight excluding hydrogens is 200 g/mol. The standard InChI is InChI=1S/C10H18O.C4H10O/c1-9(2)5-4-6-10(3)7-8-11;1-3-5-4-2/h5,7,11H,4,6,8H2,1-3H3;3-4H2,1-2H3. The largest absolute Gasteiger partial charge is 0.392 e. The maximum atomic E-state index is 8.55. The highest BCUT2D eigenvalue weighted by molar-refractivity contribution is 5.01. The van der Waals surface area contributed by atoms with Crippen LogP contribution < -0.4 is 0 Å². The summed E-state index contributed by atoms with van der Waals surface area (Å²) in [7, 11) is 0. The van der Waals surface area contributed by atoms with E-state index in [-0.39, 0.29) is 6.61 Å². The molecule has 0 aliphatic heterocycles. The second-order valence-corrected chi connectivity index (χ2v) is 3.83. The van der Waals surface area contributed by atoms with Crippen LogP contribution in [0.25, 0.3) is 0 Å². The number of hydrogen-bond donors (Lipinski definition) is 1. The number of ether oxygens (including phenoxy) is 1. The van der Waals surface area contributed by atoms with Crippen molar-refractivity contribution < 1.29 is 9.84 Å². The Bertz CT molecular complexity index is 187. The zero-order valence-corrected chi connectivity index (χ0v) is 11.5. The van der Waals surface area contributed by atoms with Gasteiger partial charge in [-0.3, -0.25) is 0 Å². The van der Waals surface area contributed by atoms with E-state index < -0.39 is 0 Å². The van der Waals surface area contributed by atoms with E-state index in [0.717, 1.165) is 26.1 Å². The predicted octanol–water partition coefficient (Wildman–Crippen LogP) is 3.71. The van der Waals surface area contributed by atoms with Crippen LogP contribution >= 0.6 is 0 Å². The highest BCUT2D eigenvalue weighted by Gasteiger charge is 1.86. The molecule has 0 aliphatic rings. The van der Waals surface area contributed by atoms with Crippen molar-refractivity contribution in [1.29, 1.82) is 0 Å². The molecule has 2 nitrogen and oxygen atoms in total. The minimum atomic E-state index is 0.167. The Labute approximate surface area is 101 Å². The fourth-order valence-corrected chi connectivity index (χ4v) is 1.05. The zero-order valence-electron chi connectivity index (χ0n) is 11.5. The molecule has 0 aliphatic carbocycles. The van der Waals surface area contributed by atoms with Gasteiger partial charge in [0.25, 0.3) is 0 Å². The fourth-order valence-electron chi connectivity index (χ4n) is 1.05. The van der Waals surface area contributed by atoms with Gasteiger partial charge in [0.2, 0.25) is 0 Å². The summed E-state index contributed by atoms with van der Waals surface area (Å²) in [6.07, 6.45) is 6.23. The number of aliphatic hydroxyl groups is 1. The highest BCUT2D eigenvalue weighted by Crippen LogP contribution is 2.05. The Balaban J connectivity index is 0. The average molecular weight is 228 g/mol. The predicted molar refractivity (Wildman–Crippen MR) is 71.7 cm³/mol. The van der Waals surface area contributed by atoms with Crippen molar-refractivity contribution in [3.63, 3.8) is 0 Å². The zero-order chi connectivity index (χ0) is 12.8. The van der Waals surface area contributed by atoms with Gasteiger partial charge in [-0.2, -0.15) is 0 Å². The van der Waals surface area contributed by atoms with Crippen molar-refractivity contribution in [2.24, 2.45) is 0 Å². The molecular formula is C14H28O2. The van der Waals surface area contributed by atoms with Gasteiger partial charge in [-0.1, -0.05) is 23.3 Å². The van der Waals surface area contributed by atoms with E-state index in [2.05, 4.69) is 26.8 Å². The van der Waals surface area contributed by atoms with E-state index in [9.17, 15) is 0 Å². The molecule has 0 aromatic heterocycles. The monoisotopic (exact) mass is 228 g/mol. The van der Waals surface area contributed by atoms with E-state index in [4.69, 9.17) is 9.84 Å². The molecule has 1 N–H and O–H groups in total. The Morgan fingerprint density at radius 1 is 1.06 bits per heavy atom. The molecule has 2 heteroatoms. The molecule has 96 valence electrons. The molecule has 0 unspecified atom stereocenters. The lowest BCUT2D eigenvalue weighted by Crippen LogP contribution is -1.84. The second kappa shape index (κ2) is 14.4. The molecule has 0 amide bonds. The average Bonchev–Trinajstić information content (AvgIpc) is 2.19. The molecule has 0 rings (SSSR count). The summed E-state index contributed by atoms with van der Waals surface area (Å²) < 4.78 is 4.83. The van der Waals surface area contributed by atoms with E-state index in [1.165, 1.54) is 11.1 Å². The lowest BCUT2D eigenvalue weighted by molar-refractivity contribution is 0.162. The van der Waals surface area contributed by atoms with Crippen LogP contribution in [0.15, 0.2) is 23.3 Å². The van der Waals surface area contributed by atoms with Crippen LogP contribution in [-0.2, 0) is 4.74 Å². The molecule has 0 aromatic rings. The fraction of sp³-hybridized carbons (Fsp3) is 0.714. The van der Waals surface area contributed by atoms with Gasteiger partial charge in [-0.15, -0.1) is 0 Å². The van der Waals surface area contributed by atoms with Gasteiger partial charge >= 0.3 is 0 Å². The summed E-state index contributed by atoms with van der Waals surface area (Å²) in [6, 6.07) is 0. The van der Waals surface area contributed by atoms with Crippen molar-refractivity contribution in [3.05, 3.63) is 23.3 Å². The van der Waals surface area contributed by atoms with E-state index >= 15 is 0 Å². The van der Waals surface area contributed by atoms with Gasteiger partial charge in [0.15, 0.2) is 0 Å². The Morgan fingerprint density at radius 2 is 1.62 bits per heavy atom. The molecule has 16 heavy (non-hydrogen) atoms. The minimum absolute atomic E-state index is 0.167. The maximum absolute atomic E-state index is 8.55. The normalized spacial score (nSPS) is 10.5. The van der Waals surface area contributed by atoms with Crippen LogP contribution in [0.5, 0.6) is 0 Å². The number of aliphatic hydroxyl groups excluding tert-OH is 1. The molecule has 0 aromatic carbocycles. The van der Waals surface area contributed by atoms with Crippen LogP contribution in [-0.4, -0.2) is 24.9 Å². The smallest absolute Gasteiger partial charge is 0.0614 e. The van der Waals surface area contributed by atoms with Gasteiger partial charge in [0.05, 0.1) is 6.61 Å². The third-order valence-corrected chi connectivity index (χ3v) is 1.94. The van der Waals surface area contributed by atoms with Crippen molar-refractivity contribution in [2.75, 3.05) is 19.8 Å². The Morgan fingerprint density at radius 3 is 1.94 bits per heavy atom. The van der Waals surface area contributed by atoms with Crippen LogP contribution in [0.2, 0.25) is 0 Å². The summed E-state index contributed by atoms with van der Waals surface area (Å²) in [5.41, 5.74) is 2.63. The first-order valence-electron chi connectivity index (χ1n) is 6.06. The lowest BCUT2D eigenvalue weighted by Gasteiger charge is -1.96. The Kier molecular flexibility index (Phi) is 16.0. The van der Waals surface area contributed by atoms with Crippen molar-refractivity contribution in [2.45, 2.75) is 47.5 Å². The molecule has 0 saturated carbocycles. The second-order valence-electron chi connectivity index (χ2n) is 3.83. The minimum Gasteiger partial charge on any atom is -0.392 e. The van der Waals surface area contributed by atoms with Gasteiger partial charge in [-0.05, 0) is 47.5 Å². The first-order chi connectivity index (χ1) is 7.58. The first-order valence-corrected chi connectivity index (χ1v) is 6.06. The summed E-state index contributed by atoms with van der Waals surface area (Å²) >= 11 is 0. The molecule has 0 fully saturated rings. The molecule has 0 radical (unpaired) electrons. The third-order valence-electron chi connectivity index (χ3n) is 1.94. The summed E-state index contributed by atoms with van der Waals surface area (Å²) in [4.78, 5) is 0. The van der Waals surface area contributed by atoms with E-state index in [1.54, 1.807) is 0 Å². The summed E-state index contributed by atoms with van der Waals surface area (Å²) in [5, 5.41) is 8.55. The van der Waals surface area contributed by atoms with Gasteiger partial charge in [0, 0.05) is 13.2 Å². The SMILES string of the molecule is CC(C)=CCCC(C)=CCO.CCOCC. The molecule has 0 heterocycles. The van der Waals surface area contributed by atoms with Crippen LogP contribution in [0, 0.1) is 0 Å². The number of hydrogen-bond acceptors (Lipinski definition) is 2. The van der Waals surface area contributed by atoms with E-state index in [1.807, 2.05) is 19.9 Å². The van der Waals surface area contributed by atoms with Crippen LogP contribution in [0.4, 0.5) is 0 Å². The third kappa shape index (κ3) is 19.0. The van der Waals surface area contributed by atoms with Crippen molar-refractivity contribution in [3.8, 4) is 0 Å². The number of allylic oxidation sites excluding steroid dienone is 3. The first kappa shape index (κ1) is 17.8. The summed E-state index contributed by atoms with van der Waals surface area (Å²) in [6.45, 7) is 12.1. The maximum Gasteiger partial charge on any atom is 0.0614 e. The highest BCUT2D eigenvalue weighted by atomic mass is 16.5. The van der Waals surface area contributed by atoms with E-state index in [0.29, 0.717) is 0 Å². The van der Waals surface area contributed by atoms with Crippen molar-refractivity contribution >= 4 is 0 Å². The van der Waals surface area contributed by atoms with Gasteiger partial charge in [0.1, 0.15) is 0 Å². The molecule has 0 spiro atoms.